The Kier molecular flexibility index (Phi) is 7.33. The molecule has 0 N–H and O–H groups in total. The monoisotopic (exact) mass is 365 g/mol. The second kappa shape index (κ2) is 9.05. The maximum Gasteiger partial charge on any atom is 0.223 e. The van der Waals surface area contributed by atoms with Crippen molar-refractivity contribution in [3.63, 3.8) is 0 Å². The van der Waals surface area contributed by atoms with E-state index < -0.39 is 0 Å². The summed E-state index contributed by atoms with van der Waals surface area (Å²) in [6.07, 6.45) is 3.46. The Morgan fingerprint density at radius 3 is 2.60 bits per heavy atom. The lowest BCUT2D eigenvalue weighted by Crippen LogP contribution is -2.43. The van der Waals surface area contributed by atoms with Gasteiger partial charge in [-0.25, -0.2) is 0 Å². The molecule has 3 nitrogen and oxygen atoms in total. The van der Waals surface area contributed by atoms with Gasteiger partial charge in [-0.05, 0) is 56.1 Å². The summed E-state index contributed by atoms with van der Waals surface area (Å²) >= 11 is 6.43. The Bertz CT molecular complexity index is 571. The molecule has 0 aromatic heterocycles. The summed E-state index contributed by atoms with van der Waals surface area (Å²) < 4.78 is 6.00. The summed E-state index contributed by atoms with van der Waals surface area (Å²) in [5, 5.41) is 0.796. The molecule has 1 amide bonds. The fraction of sp³-hybridized carbons (Fsp3) is 0.667. The zero-order valence-corrected chi connectivity index (χ0v) is 16.8. The molecule has 1 aliphatic rings. The van der Waals surface area contributed by atoms with Crippen LogP contribution in [-0.2, 0) is 16.0 Å². The number of nitrogens with zero attached hydrogens (tertiary/aromatic N) is 1. The van der Waals surface area contributed by atoms with Crippen LogP contribution in [-0.4, -0.2) is 36.6 Å². The molecule has 0 radical (unpaired) electrons. The summed E-state index contributed by atoms with van der Waals surface area (Å²) in [7, 11) is 0. The van der Waals surface area contributed by atoms with Crippen molar-refractivity contribution in [3.8, 4) is 0 Å². The fourth-order valence-electron chi connectivity index (χ4n) is 3.88. The van der Waals surface area contributed by atoms with Crippen molar-refractivity contribution >= 4 is 17.5 Å². The molecule has 1 aromatic carbocycles. The first-order chi connectivity index (χ1) is 11.9. The van der Waals surface area contributed by atoms with E-state index >= 15 is 0 Å². The van der Waals surface area contributed by atoms with E-state index in [1.165, 1.54) is 0 Å². The van der Waals surface area contributed by atoms with Crippen LogP contribution in [0.2, 0.25) is 5.02 Å². The topological polar surface area (TPSA) is 29.5 Å². The molecule has 0 bridgehead atoms. The minimum absolute atomic E-state index is 0.0716. The highest BCUT2D eigenvalue weighted by Gasteiger charge is 2.40. The van der Waals surface area contributed by atoms with Crippen LogP contribution < -0.4 is 0 Å². The average molecular weight is 366 g/mol. The Hall–Kier alpha value is -1.06. The average Bonchev–Trinajstić information content (AvgIpc) is 2.58. The van der Waals surface area contributed by atoms with E-state index in [9.17, 15) is 4.79 Å². The Labute approximate surface area is 157 Å². The molecule has 140 valence electrons. The van der Waals surface area contributed by atoms with Gasteiger partial charge >= 0.3 is 0 Å². The number of carbonyl (C=O) groups is 1. The minimum Gasteiger partial charge on any atom is -0.378 e. The van der Waals surface area contributed by atoms with Crippen molar-refractivity contribution in [2.24, 2.45) is 11.3 Å². The van der Waals surface area contributed by atoms with Crippen LogP contribution in [0.25, 0.3) is 0 Å². The first kappa shape index (κ1) is 20.3. The number of halogens is 1. The fourth-order valence-corrected chi connectivity index (χ4v) is 4.08. The van der Waals surface area contributed by atoms with Crippen LogP contribution in [0, 0.1) is 11.3 Å². The zero-order valence-electron chi connectivity index (χ0n) is 16.1. The Balaban J connectivity index is 2.27. The standard InChI is InChI=1S/C21H32ClNO2/c1-5-23(6-2)20(24)15-21(11-12-25-19(14-21)16(3)4)13-17-9-7-8-10-18(17)22/h7-10,16,19H,5-6,11-15H2,1-4H3/t19-,21-/m1/s1. The second-order valence-electron chi connectivity index (χ2n) is 7.62. The van der Waals surface area contributed by atoms with Crippen LogP contribution in [0.1, 0.15) is 52.5 Å². The summed E-state index contributed by atoms with van der Waals surface area (Å²) in [5.74, 6) is 0.705. The SMILES string of the molecule is CCN(CC)C(=O)C[C@@]1(Cc2ccccc2Cl)CCO[C@@H](C(C)C)C1. The van der Waals surface area contributed by atoms with E-state index in [0.717, 1.165) is 49.5 Å². The Morgan fingerprint density at radius 1 is 1.32 bits per heavy atom. The number of benzene rings is 1. The van der Waals surface area contributed by atoms with E-state index in [-0.39, 0.29) is 17.4 Å². The smallest absolute Gasteiger partial charge is 0.223 e. The van der Waals surface area contributed by atoms with Crippen molar-refractivity contribution in [1.82, 2.24) is 4.90 Å². The largest absolute Gasteiger partial charge is 0.378 e. The lowest BCUT2D eigenvalue weighted by Gasteiger charge is -2.43. The summed E-state index contributed by atoms with van der Waals surface area (Å²) in [5.41, 5.74) is 1.07. The third-order valence-electron chi connectivity index (χ3n) is 5.51. The summed E-state index contributed by atoms with van der Waals surface area (Å²) in [4.78, 5) is 14.8. The lowest BCUT2D eigenvalue weighted by molar-refractivity contribution is -0.137. The van der Waals surface area contributed by atoms with Gasteiger partial charge in [0.25, 0.3) is 0 Å². The molecule has 4 heteroatoms. The van der Waals surface area contributed by atoms with Crippen LogP contribution in [0.3, 0.4) is 0 Å². The Morgan fingerprint density at radius 2 is 2.00 bits per heavy atom. The predicted molar refractivity (Wildman–Crippen MR) is 104 cm³/mol. The predicted octanol–water partition coefficient (Wildman–Crippen LogP) is 4.96. The molecular formula is C21H32ClNO2. The summed E-state index contributed by atoms with van der Waals surface area (Å²) in [6.45, 7) is 10.7. The number of rotatable bonds is 7. The van der Waals surface area contributed by atoms with E-state index in [1.807, 2.05) is 36.9 Å². The minimum atomic E-state index is -0.0716. The van der Waals surface area contributed by atoms with E-state index in [2.05, 4.69) is 19.9 Å². The molecule has 2 atom stereocenters. The van der Waals surface area contributed by atoms with E-state index in [0.29, 0.717) is 12.3 Å². The highest BCUT2D eigenvalue weighted by Crippen LogP contribution is 2.43. The van der Waals surface area contributed by atoms with Gasteiger partial charge < -0.3 is 9.64 Å². The van der Waals surface area contributed by atoms with Gasteiger partial charge in [0, 0.05) is 31.1 Å². The normalized spacial score (nSPS) is 23.7. The second-order valence-corrected chi connectivity index (χ2v) is 8.03. The molecule has 0 unspecified atom stereocenters. The number of amides is 1. The first-order valence-corrected chi connectivity index (χ1v) is 9.91. The van der Waals surface area contributed by atoms with Gasteiger partial charge in [0.05, 0.1) is 6.10 Å². The summed E-state index contributed by atoms with van der Waals surface area (Å²) in [6, 6.07) is 8.02. The maximum atomic E-state index is 12.9. The quantitative estimate of drug-likeness (QED) is 0.683. The van der Waals surface area contributed by atoms with Crippen molar-refractivity contribution in [2.45, 2.75) is 59.5 Å². The van der Waals surface area contributed by atoms with Crippen molar-refractivity contribution in [1.29, 1.82) is 0 Å². The molecule has 1 saturated heterocycles. The molecule has 0 aliphatic carbocycles. The van der Waals surface area contributed by atoms with Crippen molar-refractivity contribution < 1.29 is 9.53 Å². The number of hydrogen-bond acceptors (Lipinski definition) is 2. The van der Waals surface area contributed by atoms with E-state index in [1.54, 1.807) is 0 Å². The molecule has 1 heterocycles. The van der Waals surface area contributed by atoms with Gasteiger partial charge in [-0.3, -0.25) is 4.79 Å². The van der Waals surface area contributed by atoms with Gasteiger partial charge in [-0.15, -0.1) is 0 Å². The molecular weight excluding hydrogens is 334 g/mol. The number of hydrogen-bond donors (Lipinski definition) is 0. The molecule has 1 fully saturated rings. The molecule has 25 heavy (non-hydrogen) atoms. The third-order valence-corrected chi connectivity index (χ3v) is 5.88. The molecule has 2 rings (SSSR count). The van der Waals surface area contributed by atoms with Gasteiger partial charge in [-0.1, -0.05) is 43.6 Å². The third kappa shape index (κ3) is 5.21. The van der Waals surface area contributed by atoms with Gasteiger partial charge in [0.15, 0.2) is 0 Å². The van der Waals surface area contributed by atoms with Gasteiger partial charge in [0.2, 0.25) is 5.91 Å². The zero-order chi connectivity index (χ0) is 18.4. The highest BCUT2D eigenvalue weighted by atomic mass is 35.5. The molecule has 1 aliphatic heterocycles. The first-order valence-electron chi connectivity index (χ1n) is 9.53. The van der Waals surface area contributed by atoms with Gasteiger partial charge in [0.1, 0.15) is 0 Å². The molecule has 0 spiro atoms. The number of carbonyl (C=O) groups excluding carboxylic acids is 1. The van der Waals surface area contributed by atoms with Crippen LogP contribution in [0.5, 0.6) is 0 Å². The van der Waals surface area contributed by atoms with Crippen molar-refractivity contribution in [2.75, 3.05) is 19.7 Å². The maximum absolute atomic E-state index is 12.9. The van der Waals surface area contributed by atoms with Crippen LogP contribution in [0.15, 0.2) is 24.3 Å². The van der Waals surface area contributed by atoms with Crippen LogP contribution >= 0.6 is 11.6 Å². The van der Waals surface area contributed by atoms with Crippen LogP contribution in [0.4, 0.5) is 0 Å². The van der Waals surface area contributed by atoms with Gasteiger partial charge in [-0.2, -0.15) is 0 Å². The van der Waals surface area contributed by atoms with Crippen molar-refractivity contribution in [3.05, 3.63) is 34.9 Å². The highest BCUT2D eigenvalue weighted by molar-refractivity contribution is 6.31. The van der Waals surface area contributed by atoms with E-state index in [4.69, 9.17) is 16.3 Å². The number of ether oxygens (including phenoxy) is 1. The molecule has 1 aromatic rings. The lowest BCUT2D eigenvalue weighted by atomic mass is 9.69. The molecule has 0 saturated carbocycles.